The molecule has 0 aromatic heterocycles. The standard InChI is InChI=1S/C22H24O5/c1-19(2)15-11-26-21(4)18(24)20(19,3)17-16(22(15,21)25)13(23)10-14(27-17)12-8-6-5-7-9-12/h5-9,14-15,25H,10-11H2,1-4H3/t14-,15-,20-,21+,22-/m0/s1. The zero-order valence-electron chi connectivity index (χ0n) is 16.0. The Morgan fingerprint density at radius 2 is 1.74 bits per heavy atom. The third-order valence-electron chi connectivity index (χ3n) is 7.96. The van der Waals surface area contributed by atoms with Crippen LogP contribution in [0.25, 0.3) is 0 Å². The molecule has 6 rings (SSSR count). The lowest BCUT2D eigenvalue weighted by molar-refractivity contribution is -0.208. The molecule has 0 spiro atoms. The van der Waals surface area contributed by atoms with E-state index in [1.165, 1.54) is 0 Å². The molecular formula is C22H24O5. The first-order valence-electron chi connectivity index (χ1n) is 9.51. The van der Waals surface area contributed by atoms with Gasteiger partial charge in [-0.05, 0) is 24.8 Å². The maximum absolute atomic E-state index is 13.6. The van der Waals surface area contributed by atoms with Gasteiger partial charge in [-0.25, -0.2) is 0 Å². The zero-order chi connectivity index (χ0) is 19.4. The van der Waals surface area contributed by atoms with E-state index in [-0.39, 0.29) is 36.1 Å². The van der Waals surface area contributed by atoms with E-state index in [2.05, 4.69) is 0 Å². The lowest BCUT2D eigenvalue weighted by Gasteiger charge is -2.64. The summed E-state index contributed by atoms with van der Waals surface area (Å²) in [6.45, 7) is 7.68. The highest BCUT2D eigenvalue weighted by Gasteiger charge is 2.83. The fourth-order valence-corrected chi connectivity index (χ4v) is 5.96. The molecule has 1 aromatic carbocycles. The van der Waals surface area contributed by atoms with Crippen molar-refractivity contribution >= 4 is 11.6 Å². The van der Waals surface area contributed by atoms with Gasteiger partial charge in [0.15, 0.2) is 17.2 Å². The van der Waals surface area contributed by atoms with Gasteiger partial charge in [0, 0.05) is 5.92 Å². The second kappa shape index (κ2) is 4.70. The number of ketones is 2. The van der Waals surface area contributed by atoms with Gasteiger partial charge in [-0.1, -0.05) is 44.2 Å². The predicted molar refractivity (Wildman–Crippen MR) is 96.6 cm³/mol. The number of Topliss-reactive ketones (excluding diaryl/α,β-unsaturated/α-hetero) is 2. The van der Waals surface area contributed by atoms with Crippen LogP contribution >= 0.6 is 0 Å². The number of allylic oxidation sites excluding steroid dienone is 1. The van der Waals surface area contributed by atoms with Crippen LogP contribution in [0.1, 0.15) is 45.8 Å². The van der Waals surface area contributed by atoms with Crippen molar-refractivity contribution in [3.8, 4) is 0 Å². The highest BCUT2D eigenvalue weighted by Crippen LogP contribution is 2.72. The molecule has 0 unspecified atom stereocenters. The van der Waals surface area contributed by atoms with Gasteiger partial charge in [-0.2, -0.15) is 0 Å². The Bertz CT molecular complexity index is 916. The normalized spacial score (nSPS) is 44.3. The highest BCUT2D eigenvalue weighted by atomic mass is 16.5. The van der Waals surface area contributed by atoms with E-state index in [1.807, 2.05) is 51.1 Å². The number of carbonyl (C=O) groups excluding carboxylic acids is 2. The van der Waals surface area contributed by atoms with E-state index < -0.39 is 28.1 Å². The van der Waals surface area contributed by atoms with Crippen molar-refractivity contribution in [1.29, 1.82) is 0 Å². The first-order chi connectivity index (χ1) is 12.6. The van der Waals surface area contributed by atoms with Gasteiger partial charge in [0.1, 0.15) is 17.5 Å². The van der Waals surface area contributed by atoms with Crippen molar-refractivity contribution in [3.63, 3.8) is 0 Å². The van der Waals surface area contributed by atoms with Crippen molar-refractivity contribution in [2.24, 2.45) is 16.7 Å². The van der Waals surface area contributed by atoms with E-state index in [1.54, 1.807) is 6.92 Å². The van der Waals surface area contributed by atoms with Crippen LogP contribution in [0.4, 0.5) is 0 Å². The van der Waals surface area contributed by atoms with E-state index in [0.29, 0.717) is 5.76 Å². The Labute approximate surface area is 158 Å². The van der Waals surface area contributed by atoms with Crippen LogP contribution < -0.4 is 0 Å². The largest absolute Gasteiger partial charge is 0.488 e. The van der Waals surface area contributed by atoms with Gasteiger partial charge < -0.3 is 14.6 Å². The van der Waals surface area contributed by atoms with Gasteiger partial charge >= 0.3 is 0 Å². The Hall–Kier alpha value is -1.98. The summed E-state index contributed by atoms with van der Waals surface area (Å²) in [5.41, 5.74) is -3.51. The van der Waals surface area contributed by atoms with Crippen LogP contribution in [0.15, 0.2) is 41.7 Å². The lowest BCUT2D eigenvalue weighted by atomic mass is 9.39. The van der Waals surface area contributed by atoms with Crippen LogP contribution in [0.2, 0.25) is 0 Å². The van der Waals surface area contributed by atoms with Gasteiger partial charge in [-0.15, -0.1) is 0 Å². The van der Waals surface area contributed by atoms with Crippen LogP contribution in [0.3, 0.4) is 0 Å². The maximum atomic E-state index is 13.6. The fraction of sp³-hybridized carbons (Fsp3) is 0.545. The summed E-state index contributed by atoms with van der Waals surface area (Å²) in [5, 5.41) is 11.8. The third kappa shape index (κ3) is 1.57. The molecule has 142 valence electrons. The maximum Gasteiger partial charge on any atom is 0.181 e. The number of ether oxygens (including phenoxy) is 2. The number of rotatable bonds is 1. The molecule has 1 saturated heterocycles. The molecule has 3 aliphatic carbocycles. The molecule has 4 bridgehead atoms. The number of carbonyl (C=O) groups is 2. The summed E-state index contributed by atoms with van der Waals surface area (Å²) in [6.07, 6.45) is -0.300. The summed E-state index contributed by atoms with van der Waals surface area (Å²) in [7, 11) is 0. The third-order valence-corrected chi connectivity index (χ3v) is 7.96. The van der Waals surface area contributed by atoms with Crippen LogP contribution in [-0.2, 0) is 19.1 Å². The van der Waals surface area contributed by atoms with Crippen LogP contribution in [0.5, 0.6) is 0 Å². The van der Waals surface area contributed by atoms with Crippen molar-refractivity contribution in [1.82, 2.24) is 0 Å². The number of hydrogen-bond acceptors (Lipinski definition) is 5. The average molecular weight is 368 g/mol. The summed E-state index contributed by atoms with van der Waals surface area (Å²) >= 11 is 0. The van der Waals surface area contributed by atoms with E-state index in [9.17, 15) is 14.7 Å². The van der Waals surface area contributed by atoms with E-state index in [0.717, 1.165) is 5.56 Å². The first kappa shape index (κ1) is 17.1. The summed E-state index contributed by atoms with van der Waals surface area (Å²) in [4.78, 5) is 26.9. The molecule has 27 heavy (non-hydrogen) atoms. The Morgan fingerprint density at radius 1 is 1.07 bits per heavy atom. The number of hydrogen-bond donors (Lipinski definition) is 1. The van der Waals surface area contributed by atoms with Gasteiger partial charge in [0.25, 0.3) is 0 Å². The fourth-order valence-electron chi connectivity index (χ4n) is 5.96. The molecule has 2 aliphatic heterocycles. The summed E-state index contributed by atoms with van der Waals surface area (Å²) < 4.78 is 12.2. The Kier molecular flexibility index (Phi) is 2.99. The molecule has 2 fully saturated rings. The van der Waals surface area contributed by atoms with Gasteiger partial charge in [0.2, 0.25) is 0 Å². The van der Waals surface area contributed by atoms with Crippen molar-refractivity contribution in [2.75, 3.05) is 6.61 Å². The molecule has 0 amide bonds. The number of aliphatic hydroxyl groups is 1. The van der Waals surface area contributed by atoms with Gasteiger partial charge in [0.05, 0.1) is 24.0 Å². The molecule has 1 saturated carbocycles. The molecule has 5 heteroatoms. The van der Waals surface area contributed by atoms with Gasteiger partial charge in [-0.3, -0.25) is 9.59 Å². The van der Waals surface area contributed by atoms with Crippen molar-refractivity contribution in [2.45, 2.75) is 51.4 Å². The minimum atomic E-state index is -1.64. The molecule has 5 nitrogen and oxygen atoms in total. The summed E-state index contributed by atoms with van der Waals surface area (Å²) in [5.74, 6) is -0.332. The molecule has 1 N–H and O–H groups in total. The smallest absolute Gasteiger partial charge is 0.181 e. The topological polar surface area (TPSA) is 72.8 Å². The molecule has 2 heterocycles. The van der Waals surface area contributed by atoms with E-state index in [4.69, 9.17) is 9.47 Å². The summed E-state index contributed by atoms with van der Waals surface area (Å²) in [6, 6.07) is 9.55. The second-order valence-corrected chi connectivity index (χ2v) is 9.19. The molecule has 0 radical (unpaired) electrons. The van der Waals surface area contributed by atoms with E-state index >= 15 is 0 Å². The minimum Gasteiger partial charge on any atom is -0.488 e. The second-order valence-electron chi connectivity index (χ2n) is 9.19. The van der Waals surface area contributed by atoms with Crippen LogP contribution in [0, 0.1) is 16.7 Å². The SMILES string of the molecule is CC1(C)[C@@H]2CO[C@]3(C)C(=O)[C@]1(C)C1=C(C(=O)C[C@@H](c4ccccc4)O1)[C@@]23O. The minimum absolute atomic E-state index is 0.149. The first-order valence-corrected chi connectivity index (χ1v) is 9.51. The number of benzene rings is 1. The van der Waals surface area contributed by atoms with Crippen molar-refractivity contribution < 1.29 is 24.2 Å². The monoisotopic (exact) mass is 368 g/mol. The average Bonchev–Trinajstić information content (AvgIpc) is 2.90. The predicted octanol–water partition coefficient (Wildman–Crippen LogP) is 2.74. The lowest BCUT2D eigenvalue weighted by Crippen LogP contribution is -2.77. The van der Waals surface area contributed by atoms with Crippen molar-refractivity contribution in [3.05, 3.63) is 47.2 Å². The molecular weight excluding hydrogens is 344 g/mol. The molecule has 5 atom stereocenters. The molecule has 1 aromatic rings. The Morgan fingerprint density at radius 3 is 2.41 bits per heavy atom. The molecule has 5 aliphatic rings. The Balaban J connectivity index is 1.76. The quantitative estimate of drug-likeness (QED) is 0.825. The zero-order valence-corrected chi connectivity index (χ0v) is 16.0. The van der Waals surface area contributed by atoms with Crippen LogP contribution in [-0.4, -0.2) is 34.5 Å². The highest BCUT2D eigenvalue weighted by molar-refractivity contribution is 6.09.